The molecule has 3 heterocycles. The van der Waals surface area contributed by atoms with Gasteiger partial charge in [0.25, 0.3) is 5.91 Å². The molecule has 0 saturated heterocycles. The molecule has 0 radical (unpaired) electrons. The highest BCUT2D eigenvalue weighted by Gasteiger charge is 2.49. The van der Waals surface area contributed by atoms with E-state index >= 15 is 0 Å². The van der Waals surface area contributed by atoms with Crippen molar-refractivity contribution in [3.63, 3.8) is 0 Å². The van der Waals surface area contributed by atoms with Gasteiger partial charge in [0.1, 0.15) is 12.2 Å². The number of imidazole rings is 1. The Labute approximate surface area is 218 Å². The second-order valence-electron chi connectivity index (χ2n) is 9.31. The lowest BCUT2D eigenvalue weighted by Crippen LogP contribution is -2.44. The molecule has 38 heavy (non-hydrogen) atoms. The van der Waals surface area contributed by atoms with Crippen molar-refractivity contribution < 1.29 is 21.8 Å². The van der Waals surface area contributed by atoms with Crippen LogP contribution in [0.3, 0.4) is 0 Å². The van der Waals surface area contributed by atoms with Crippen LogP contribution in [0, 0.1) is 23.2 Å². The molecule has 1 aliphatic rings. The monoisotopic (exact) mass is 537 g/mol. The number of pyridine rings is 1. The Morgan fingerprint density at radius 3 is 2.82 bits per heavy atom. The Hall–Kier alpha value is -4.31. The van der Waals surface area contributed by atoms with Gasteiger partial charge in [-0.3, -0.25) is 9.20 Å². The first-order chi connectivity index (χ1) is 18.2. The summed E-state index contributed by atoms with van der Waals surface area (Å²) >= 11 is 0. The van der Waals surface area contributed by atoms with Gasteiger partial charge in [0.2, 0.25) is 5.95 Å². The fourth-order valence-corrected chi connectivity index (χ4v) is 5.51. The fourth-order valence-electron chi connectivity index (χ4n) is 5.01. The number of hydrogen-bond donors (Lipinski definition) is 1. The maximum atomic E-state index is 14.3. The second kappa shape index (κ2) is 9.53. The molecule has 4 aromatic rings. The first-order valence-corrected chi connectivity index (χ1v) is 13.5. The van der Waals surface area contributed by atoms with Crippen molar-refractivity contribution in [3.8, 4) is 11.8 Å². The molecule has 0 bridgehead atoms. The molecule has 5 rings (SSSR count). The molecule has 196 valence electrons. The minimum Gasteiger partial charge on any atom is -0.381 e. The van der Waals surface area contributed by atoms with Crippen molar-refractivity contribution in [2.24, 2.45) is 13.0 Å². The molecule has 13 heteroatoms. The molecule has 1 aliphatic carbocycles. The standard InChI is InChI=1S/C25H24FN7O4S/c1-3-38(35,36)37-19-10-20(22-28-13-21(26)33(22)14-19)23(34)30-18-6-4-5-17(9-18)25(11-16(12-25)7-8-27)24-31-29-15-32(24)2/h4-6,9-10,13-16H,3,7,11-12H2,1-2H3,(H,30,34). The average molecular weight is 538 g/mol. The van der Waals surface area contributed by atoms with E-state index in [2.05, 4.69) is 26.6 Å². The Morgan fingerprint density at radius 2 is 2.13 bits per heavy atom. The number of halogens is 1. The van der Waals surface area contributed by atoms with E-state index in [-0.39, 0.29) is 28.6 Å². The molecule has 11 nitrogen and oxygen atoms in total. The number of benzene rings is 1. The summed E-state index contributed by atoms with van der Waals surface area (Å²) in [5.74, 6) is -0.922. The number of fused-ring (bicyclic) bond motifs is 1. The number of nitrogens with one attached hydrogen (secondary N) is 1. The molecule has 1 aromatic carbocycles. The number of nitrogens with zero attached hydrogens (tertiary/aromatic N) is 6. The molecule has 1 fully saturated rings. The first-order valence-electron chi connectivity index (χ1n) is 11.9. The number of carbonyl (C=O) groups is 1. The van der Waals surface area contributed by atoms with Crippen LogP contribution in [0.1, 0.15) is 47.9 Å². The topological polar surface area (TPSA) is 144 Å². The molecule has 1 amide bonds. The van der Waals surface area contributed by atoms with Crippen LogP contribution in [0.15, 0.2) is 49.1 Å². The van der Waals surface area contributed by atoms with Crippen LogP contribution in [0.2, 0.25) is 0 Å². The molecule has 0 atom stereocenters. The summed E-state index contributed by atoms with van der Waals surface area (Å²) in [6.07, 6.45) is 5.56. The van der Waals surface area contributed by atoms with E-state index in [1.165, 1.54) is 13.0 Å². The maximum Gasteiger partial charge on any atom is 0.308 e. The van der Waals surface area contributed by atoms with Crippen LogP contribution >= 0.6 is 0 Å². The normalized spacial score (nSPS) is 19.1. The van der Waals surface area contributed by atoms with E-state index in [0.29, 0.717) is 24.9 Å². The molecule has 1 N–H and O–H groups in total. The van der Waals surface area contributed by atoms with Crippen LogP contribution in [0.25, 0.3) is 5.65 Å². The SMILES string of the molecule is CCS(=O)(=O)Oc1cc(C(=O)Nc2cccc(C3(c4nncn4C)CC(CC#N)C3)c2)c2ncc(F)n2c1. The number of carbonyl (C=O) groups excluding carboxylic acids is 1. The lowest BCUT2D eigenvalue weighted by atomic mass is 9.57. The third-order valence-corrected chi connectivity index (χ3v) is 7.98. The van der Waals surface area contributed by atoms with Gasteiger partial charge in [-0.2, -0.15) is 18.1 Å². The molecule has 1 saturated carbocycles. The highest BCUT2D eigenvalue weighted by molar-refractivity contribution is 7.87. The summed E-state index contributed by atoms with van der Waals surface area (Å²) in [7, 11) is -2.05. The predicted octanol–water partition coefficient (Wildman–Crippen LogP) is 3.19. The average Bonchev–Trinajstić information content (AvgIpc) is 3.46. The van der Waals surface area contributed by atoms with Crippen LogP contribution in [0.4, 0.5) is 10.1 Å². The minimum absolute atomic E-state index is 0.00583. The van der Waals surface area contributed by atoms with E-state index < -0.39 is 27.4 Å². The molecule has 0 aliphatic heterocycles. The molecule has 0 spiro atoms. The zero-order valence-corrected chi connectivity index (χ0v) is 21.4. The van der Waals surface area contributed by atoms with Crippen molar-refractivity contribution in [3.05, 3.63) is 72.0 Å². The number of aromatic nitrogens is 5. The minimum atomic E-state index is -3.91. The smallest absolute Gasteiger partial charge is 0.308 e. The number of aryl methyl sites for hydroxylation is 1. The van der Waals surface area contributed by atoms with Crippen LogP contribution in [0.5, 0.6) is 5.75 Å². The number of amides is 1. The van der Waals surface area contributed by atoms with E-state index in [4.69, 9.17) is 9.44 Å². The molecular weight excluding hydrogens is 513 g/mol. The molecule has 3 aromatic heterocycles. The van der Waals surface area contributed by atoms with Gasteiger partial charge in [-0.05, 0) is 49.4 Å². The summed E-state index contributed by atoms with van der Waals surface area (Å²) < 4.78 is 46.1. The van der Waals surface area contributed by atoms with Gasteiger partial charge in [-0.1, -0.05) is 12.1 Å². The van der Waals surface area contributed by atoms with E-state index in [1.54, 1.807) is 18.5 Å². The molecule has 0 unspecified atom stereocenters. The summed E-state index contributed by atoms with van der Waals surface area (Å²) in [6, 6.07) is 10.7. The third kappa shape index (κ3) is 4.47. The highest BCUT2D eigenvalue weighted by atomic mass is 32.2. The summed E-state index contributed by atoms with van der Waals surface area (Å²) in [4.78, 5) is 17.3. The summed E-state index contributed by atoms with van der Waals surface area (Å²) in [5, 5.41) is 20.3. The van der Waals surface area contributed by atoms with Gasteiger partial charge >= 0.3 is 10.1 Å². The van der Waals surface area contributed by atoms with Crippen LogP contribution in [-0.4, -0.2) is 44.2 Å². The van der Waals surface area contributed by atoms with Gasteiger partial charge < -0.3 is 14.1 Å². The van der Waals surface area contributed by atoms with Crippen molar-refractivity contribution in [2.75, 3.05) is 11.1 Å². The van der Waals surface area contributed by atoms with Crippen molar-refractivity contribution in [2.45, 2.75) is 31.6 Å². The van der Waals surface area contributed by atoms with Crippen LogP contribution in [-0.2, 0) is 22.6 Å². The Morgan fingerprint density at radius 1 is 1.34 bits per heavy atom. The maximum absolute atomic E-state index is 14.3. The summed E-state index contributed by atoms with van der Waals surface area (Å²) in [5.41, 5.74) is 0.851. The van der Waals surface area contributed by atoms with Crippen molar-refractivity contribution in [1.82, 2.24) is 24.1 Å². The molecular formula is C25H24FN7O4S. The lowest BCUT2D eigenvalue weighted by Gasteiger charge is -2.46. The lowest BCUT2D eigenvalue weighted by molar-refractivity contribution is 0.102. The first kappa shape index (κ1) is 25.3. The van der Waals surface area contributed by atoms with Crippen molar-refractivity contribution >= 4 is 27.4 Å². The third-order valence-electron chi connectivity index (χ3n) is 6.82. The van der Waals surface area contributed by atoms with E-state index in [9.17, 15) is 17.6 Å². The second-order valence-corrected chi connectivity index (χ2v) is 11.2. The Balaban J connectivity index is 1.48. The van der Waals surface area contributed by atoms with Crippen LogP contribution < -0.4 is 9.50 Å². The quantitative estimate of drug-likeness (QED) is 0.338. The van der Waals surface area contributed by atoms with Gasteiger partial charge in [-0.15, -0.1) is 10.2 Å². The van der Waals surface area contributed by atoms with Gasteiger partial charge in [-0.25, -0.2) is 4.98 Å². The number of rotatable bonds is 8. The summed E-state index contributed by atoms with van der Waals surface area (Å²) in [6.45, 7) is 1.41. The number of hydrogen-bond acceptors (Lipinski definition) is 8. The zero-order valence-electron chi connectivity index (χ0n) is 20.6. The largest absolute Gasteiger partial charge is 0.381 e. The predicted molar refractivity (Wildman–Crippen MR) is 134 cm³/mol. The highest BCUT2D eigenvalue weighted by Crippen LogP contribution is 2.53. The van der Waals surface area contributed by atoms with E-state index in [1.807, 2.05) is 23.7 Å². The van der Waals surface area contributed by atoms with Gasteiger partial charge in [0.05, 0.1) is 35.2 Å². The fraction of sp³-hybridized carbons (Fsp3) is 0.320. The number of anilines is 1. The van der Waals surface area contributed by atoms with E-state index in [0.717, 1.165) is 28.2 Å². The number of nitriles is 1. The zero-order chi connectivity index (χ0) is 27.1. The van der Waals surface area contributed by atoms with Gasteiger partial charge in [0, 0.05) is 19.2 Å². The van der Waals surface area contributed by atoms with Gasteiger partial charge in [0.15, 0.2) is 11.4 Å². The Kier molecular flexibility index (Phi) is 6.36. The Bertz CT molecular complexity index is 1680. The van der Waals surface area contributed by atoms with Crippen molar-refractivity contribution in [1.29, 1.82) is 5.26 Å².